The number of anilines is 1. The van der Waals surface area contributed by atoms with E-state index in [-0.39, 0.29) is 17.0 Å². The predicted octanol–water partition coefficient (Wildman–Crippen LogP) is 2.78. The number of barbiturate groups is 1. The first-order valence-corrected chi connectivity index (χ1v) is 8.76. The van der Waals surface area contributed by atoms with Crippen LogP contribution in [-0.2, 0) is 14.4 Å². The number of halogens is 1. The van der Waals surface area contributed by atoms with Crippen molar-refractivity contribution in [1.29, 1.82) is 0 Å². The maximum atomic E-state index is 12.9. The zero-order valence-electron chi connectivity index (χ0n) is 15.1. The van der Waals surface area contributed by atoms with Crippen LogP contribution in [0.25, 0.3) is 6.08 Å². The first-order chi connectivity index (χ1) is 13.8. The van der Waals surface area contributed by atoms with E-state index >= 15 is 0 Å². The molecule has 0 aliphatic carbocycles. The summed E-state index contributed by atoms with van der Waals surface area (Å²) < 4.78 is 5.09. The predicted molar refractivity (Wildman–Crippen MR) is 105 cm³/mol. The van der Waals surface area contributed by atoms with E-state index < -0.39 is 30.4 Å². The van der Waals surface area contributed by atoms with Crippen LogP contribution in [0, 0.1) is 6.92 Å². The molecule has 0 radical (unpaired) electrons. The fourth-order valence-electron chi connectivity index (χ4n) is 2.62. The third kappa shape index (κ3) is 4.44. The molecule has 3 rings (SSSR count). The molecule has 4 amide bonds. The fourth-order valence-corrected chi connectivity index (χ4v) is 2.79. The van der Waals surface area contributed by atoms with Crippen LogP contribution in [0.4, 0.5) is 10.5 Å². The number of carbonyl (C=O) groups excluding carboxylic acids is 3. The Morgan fingerprint density at radius 1 is 1.21 bits per heavy atom. The summed E-state index contributed by atoms with van der Waals surface area (Å²) in [6.07, 6.45) is 1.29. The summed E-state index contributed by atoms with van der Waals surface area (Å²) in [7, 11) is 0. The molecule has 1 aliphatic rings. The van der Waals surface area contributed by atoms with Crippen molar-refractivity contribution in [3.05, 3.63) is 64.2 Å². The molecule has 0 spiro atoms. The second-order valence-corrected chi connectivity index (χ2v) is 6.55. The Hall–Kier alpha value is -3.65. The van der Waals surface area contributed by atoms with Gasteiger partial charge in [-0.15, -0.1) is 0 Å². The van der Waals surface area contributed by atoms with E-state index in [0.29, 0.717) is 10.6 Å². The average Bonchev–Trinajstić information content (AvgIpc) is 2.66. The lowest BCUT2D eigenvalue weighted by atomic mass is 10.1. The number of aliphatic carboxylic acids is 1. The molecule has 148 valence electrons. The third-order valence-electron chi connectivity index (χ3n) is 4.05. The van der Waals surface area contributed by atoms with E-state index in [2.05, 4.69) is 5.32 Å². The lowest BCUT2D eigenvalue weighted by Gasteiger charge is -2.26. The maximum absolute atomic E-state index is 12.9. The minimum atomic E-state index is -1.14. The number of rotatable bonds is 5. The lowest BCUT2D eigenvalue weighted by Crippen LogP contribution is -2.54. The Balaban J connectivity index is 1.94. The van der Waals surface area contributed by atoms with Crippen molar-refractivity contribution in [2.45, 2.75) is 6.92 Å². The van der Waals surface area contributed by atoms with Crippen molar-refractivity contribution >= 4 is 47.2 Å². The molecule has 29 heavy (non-hydrogen) atoms. The number of nitrogens with one attached hydrogen (secondary N) is 1. The van der Waals surface area contributed by atoms with E-state index in [0.717, 1.165) is 10.5 Å². The maximum Gasteiger partial charge on any atom is 0.341 e. The van der Waals surface area contributed by atoms with Crippen LogP contribution in [0.1, 0.15) is 11.1 Å². The second kappa shape index (κ2) is 8.15. The summed E-state index contributed by atoms with van der Waals surface area (Å²) in [4.78, 5) is 48.8. The first kappa shape index (κ1) is 20.1. The zero-order chi connectivity index (χ0) is 21.1. The lowest BCUT2D eigenvalue weighted by molar-refractivity contribution is -0.139. The molecule has 2 N–H and O–H groups in total. The molecule has 0 saturated carbocycles. The highest BCUT2D eigenvalue weighted by Crippen LogP contribution is 2.27. The number of imide groups is 2. The molecular weight excluding hydrogens is 400 g/mol. The van der Waals surface area contributed by atoms with Crippen molar-refractivity contribution in [2.24, 2.45) is 0 Å². The molecule has 0 bridgehead atoms. The normalized spacial score (nSPS) is 15.4. The molecule has 2 aromatic carbocycles. The number of carboxylic acid groups (broad SMARTS) is 1. The van der Waals surface area contributed by atoms with Gasteiger partial charge < -0.3 is 9.84 Å². The van der Waals surface area contributed by atoms with Gasteiger partial charge in [-0.05, 0) is 48.4 Å². The van der Waals surface area contributed by atoms with Gasteiger partial charge in [0.1, 0.15) is 11.3 Å². The van der Waals surface area contributed by atoms with Crippen molar-refractivity contribution in [3.63, 3.8) is 0 Å². The first-order valence-electron chi connectivity index (χ1n) is 8.38. The summed E-state index contributed by atoms with van der Waals surface area (Å²) >= 11 is 6.09. The number of hydrogen-bond donors (Lipinski definition) is 2. The Morgan fingerprint density at radius 3 is 2.66 bits per heavy atom. The minimum absolute atomic E-state index is 0.222. The van der Waals surface area contributed by atoms with Gasteiger partial charge in [-0.1, -0.05) is 29.8 Å². The van der Waals surface area contributed by atoms with Crippen LogP contribution in [0.2, 0.25) is 5.02 Å². The van der Waals surface area contributed by atoms with Gasteiger partial charge in [-0.3, -0.25) is 14.9 Å². The van der Waals surface area contributed by atoms with Crippen LogP contribution < -0.4 is 15.0 Å². The van der Waals surface area contributed by atoms with Gasteiger partial charge in [0, 0.05) is 5.02 Å². The highest BCUT2D eigenvalue weighted by molar-refractivity contribution is 6.39. The third-order valence-corrected chi connectivity index (χ3v) is 4.45. The average molecular weight is 415 g/mol. The van der Waals surface area contributed by atoms with E-state index in [1.165, 1.54) is 24.3 Å². The van der Waals surface area contributed by atoms with Gasteiger partial charge in [-0.25, -0.2) is 14.5 Å². The van der Waals surface area contributed by atoms with Crippen molar-refractivity contribution in [2.75, 3.05) is 11.5 Å². The molecule has 1 fully saturated rings. The van der Waals surface area contributed by atoms with Gasteiger partial charge in [0.05, 0.1) is 5.69 Å². The molecular formula is C20H15ClN2O6. The monoisotopic (exact) mass is 414 g/mol. The van der Waals surface area contributed by atoms with Crippen molar-refractivity contribution < 1.29 is 29.0 Å². The second-order valence-electron chi connectivity index (χ2n) is 6.15. The topological polar surface area (TPSA) is 113 Å². The molecule has 0 aromatic heterocycles. The van der Waals surface area contributed by atoms with E-state index in [1.807, 2.05) is 0 Å². The highest BCUT2D eigenvalue weighted by atomic mass is 35.5. The number of ether oxygens (including phenoxy) is 1. The number of amides is 4. The molecule has 1 aliphatic heterocycles. The molecule has 2 aromatic rings. The van der Waals surface area contributed by atoms with Crippen LogP contribution in [0.5, 0.6) is 5.75 Å². The molecule has 1 saturated heterocycles. The summed E-state index contributed by atoms with van der Waals surface area (Å²) in [6, 6.07) is 9.98. The van der Waals surface area contributed by atoms with Gasteiger partial charge in [-0.2, -0.15) is 0 Å². The number of benzene rings is 2. The number of nitrogens with zero attached hydrogens (tertiary/aromatic N) is 1. The van der Waals surface area contributed by atoms with Gasteiger partial charge in [0.2, 0.25) is 0 Å². The summed E-state index contributed by atoms with van der Waals surface area (Å²) in [6.45, 7) is 1.24. The number of carboxylic acids is 1. The summed E-state index contributed by atoms with van der Waals surface area (Å²) in [5.41, 5.74) is 1.14. The Morgan fingerprint density at radius 2 is 1.97 bits per heavy atom. The quantitative estimate of drug-likeness (QED) is 0.574. The van der Waals surface area contributed by atoms with Crippen LogP contribution in [0.3, 0.4) is 0 Å². The van der Waals surface area contributed by atoms with Crippen LogP contribution >= 0.6 is 11.6 Å². The largest absolute Gasteiger partial charge is 0.482 e. The SMILES string of the molecule is Cc1ccc(N2C(=O)NC(=O)/C(=C/c3cccc(OCC(=O)O)c3)C2=O)cc1Cl. The minimum Gasteiger partial charge on any atom is -0.482 e. The van der Waals surface area contributed by atoms with Crippen molar-refractivity contribution in [1.82, 2.24) is 5.32 Å². The van der Waals surface area contributed by atoms with Gasteiger partial charge >= 0.3 is 12.0 Å². The highest BCUT2D eigenvalue weighted by Gasteiger charge is 2.36. The Bertz CT molecular complexity index is 1060. The molecule has 8 nitrogen and oxygen atoms in total. The van der Waals surface area contributed by atoms with E-state index in [1.54, 1.807) is 31.2 Å². The standard InChI is InChI=1S/C20H15ClN2O6/c1-11-5-6-13(9-16(11)21)23-19(27)15(18(26)22-20(23)28)8-12-3-2-4-14(7-12)29-10-17(24)25/h2-9H,10H2,1H3,(H,24,25)(H,22,26,28)/b15-8-. The zero-order valence-corrected chi connectivity index (χ0v) is 15.9. The number of hydrogen-bond acceptors (Lipinski definition) is 5. The Labute approximate surface area is 170 Å². The van der Waals surface area contributed by atoms with Crippen LogP contribution in [0.15, 0.2) is 48.0 Å². The molecule has 0 unspecified atom stereocenters. The van der Waals surface area contributed by atoms with Gasteiger partial charge in [0.15, 0.2) is 6.61 Å². The van der Waals surface area contributed by atoms with E-state index in [4.69, 9.17) is 21.4 Å². The Kier molecular flexibility index (Phi) is 5.65. The number of urea groups is 1. The fraction of sp³-hybridized carbons (Fsp3) is 0.100. The molecule has 9 heteroatoms. The summed E-state index contributed by atoms with van der Waals surface area (Å²) in [5, 5.41) is 11.2. The summed E-state index contributed by atoms with van der Waals surface area (Å²) in [5.74, 6) is -2.54. The van der Waals surface area contributed by atoms with Crippen molar-refractivity contribution in [3.8, 4) is 5.75 Å². The van der Waals surface area contributed by atoms with E-state index in [9.17, 15) is 19.2 Å². The van der Waals surface area contributed by atoms with Crippen LogP contribution in [-0.4, -0.2) is 35.5 Å². The van der Waals surface area contributed by atoms with Gasteiger partial charge in [0.25, 0.3) is 11.8 Å². The molecule has 0 atom stereocenters. The number of carbonyl (C=O) groups is 4. The molecule has 1 heterocycles. The smallest absolute Gasteiger partial charge is 0.341 e. The number of aryl methyl sites for hydroxylation is 1.